The van der Waals surface area contributed by atoms with Crippen molar-refractivity contribution in [2.75, 3.05) is 0 Å². The van der Waals surface area contributed by atoms with Crippen LogP contribution in [0.2, 0.25) is 0 Å². The summed E-state index contributed by atoms with van der Waals surface area (Å²) in [5.41, 5.74) is 10.5. The van der Waals surface area contributed by atoms with E-state index in [4.69, 9.17) is 5.73 Å². The minimum atomic E-state index is -0.162. The number of hydrogen-bond donors (Lipinski definition) is 1. The fourth-order valence-electron chi connectivity index (χ4n) is 2.44. The maximum atomic E-state index is 6.30. The lowest BCUT2D eigenvalue weighted by atomic mass is 10.1. The molecule has 1 aliphatic carbocycles. The lowest BCUT2D eigenvalue weighted by Gasteiger charge is -2.12. The van der Waals surface area contributed by atoms with Crippen molar-refractivity contribution >= 4 is 5.78 Å². The molecule has 4 nitrogen and oxygen atoms in total. The monoisotopic (exact) mass is 216 g/mol. The number of hydrogen-bond acceptors (Lipinski definition) is 3. The Hall–Kier alpha value is -1.42. The molecule has 1 aliphatic rings. The molecule has 0 unspecified atom stereocenters. The third-order valence-electron chi connectivity index (χ3n) is 3.34. The van der Waals surface area contributed by atoms with E-state index in [-0.39, 0.29) is 5.54 Å². The Morgan fingerprint density at radius 2 is 1.94 bits per heavy atom. The van der Waals surface area contributed by atoms with Crippen molar-refractivity contribution in [3.8, 4) is 0 Å². The summed E-state index contributed by atoms with van der Waals surface area (Å²) in [6.45, 7) is 6.09. The molecule has 2 aromatic rings. The molecule has 2 heterocycles. The Bertz CT molecular complexity index is 578. The van der Waals surface area contributed by atoms with Gasteiger partial charge >= 0.3 is 0 Å². The maximum Gasteiger partial charge on any atom is 0.234 e. The lowest BCUT2D eigenvalue weighted by Crippen LogP contribution is -2.22. The SMILES string of the molecule is Cc1cc(C)n2c(C3(N)CC3)c(C)nc2n1. The zero-order valence-corrected chi connectivity index (χ0v) is 9.91. The van der Waals surface area contributed by atoms with E-state index < -0.39 is 0 Å². The smallest absolute Gasteiger partial charge is 0.234 e. The second kappa shape index (κ2) is 2.83. The van der Waals surface area contributed by atoms with Gasteiger partial charge in [-0.3, -0.25) is 4.40 Å². The zero-order valence-electron chi connectivity index (χ0n) is 9.91. The quantitative estimate of drug-likeness (QED) is 0.787. The summed E-state index contributed by atoms with van der Waals surface area (Å²) in [6, 6.07) is 2.07. The van der Waals surface area contributed by atoms with Crippen LogP contribution >= 0.6 is 0 Å². The van der Waals surface area contributed by atoms with E-state index in [1.54, 1.807) is 0 Å². The van der Waals surface area contributed by atoms with E-state index in [0.29, 0.717) is 0 Å². The first-order valence-corrected chi connectivity index (χ1v) is 5.64. The van der Waals surface area contributed by atoms with E-state index >= 15 is 0 Å². The van der Waals surface area contributed by atoms with Crippen LogP contribution in [-0.2, 0) is 5.54 Å². The van der Waals surface area contributed by atoms with Gasteiger partial charge in [-0.25, -0.2) is 9.97 Å². The second-order valence-corrected chi connectivity index (χ2v) is 4.88. The van der Waals surface area contributed by atoms with Gasteiger partial charge in [0.1, 0.15) is 0 Å². The Morgan fingerprint density at radius 3 is 2.56 bits per heavy atom. The number of imidazole rings is 1. The molecule has 0 radical (unpaired) electrons. The topological polar surface area (TPSA) is 56.2 Å². The largest absolute Gasteiger partial charge is 0.320 e. The lowest BCUT2D eigenvalue weighted by molar-refractivity contribution is 0.684. The van der Waals surface area contributed by atoms with Crippen LogP contribution in [0.5, 0.6) is 0 Å². The van der Waals surface area contributed by atoms with Crippen LogP contribution in [0.25, 0.3) is 5.78 Å². The molecule has 0 spiro atoms. The molecule has 0 atom stereocenters. The number of fused-ring (bicyclic) bond motifs is 1. The minimum Gasteiger partial charge on any atom is -0.320 e. The van der Waals surface area contributed by atoms with Gasteiger partial charge in [-0.2, -0.15) is 0 Å². The first kappa shape index (κ1) is 9.78. The summed E-state index contributed by atoms with van der Waals surface area (Å²) in [5.74, 6) is 0.779. The van der Waals surface area contributed by atoms with Gasteiger partial charge in [-0.1, -0.05) is 0 Å². The highest BCUT2D eigenvalue weighted by Gasteiger charge is 2.44. The van der Waals surface area contributed by atoms with Crippen LogP contribution in [-0.4, -0.2) is 14.4 Å². The minimum absolute atomic E-state index is 0.162. The molecule has 0 saturated heterocycles. The number of nitrogens with zero attached hydrogens (tertiary/aromatic N) is 3. The normalized spacial score (nSPS) is 18.0. The number of aryl methyl sites for hydroxylation is 3. The first-order valence-electron chi connectivity index (χ1n) is 5.64. The fraction of sp³-hybridized carbons (Fsp3) is 0.500. The van der Waals surface area contributed by atoms with Crippen molar-refractivity contribution in [1.29, 1.82) is 0 Å². The third-order valence-corrected chi connectivity index (χ3v) is 3.34. The van der Waals surface area contributed by atoms with E-state index in [0.717, 1.165) is 41.4 Å². The molecule has 0 bridgehead atoms. The summed E-state index contributed by atoms with van der Waals surface area (Å²) >= 11 is 0. The Morgan fingerprint density at radius 1 is 1.25 bits per heavy atom. The number of aromatic nitrogens is 3. The third kappa shape index (κ3) is 1.19. The molecule has 0 amide bonds. The van der Waals surface area contributed by atoms with Gasteiger partial charge in [0.15, 0.2) is 0 Å². The summed E-state index contributed by atoms with van der Waals surface area (Å²) in [7, 11) is 0. The fourth-order valence-corrected chi connectivity index (χ4v) is 2.44. The molecule has 4 heteroatoms. The number of rotatable bonds is 1. The van der Waals surface area contributed by atoms with Crippen molar-refractivity contribution in [3.63, 3.8) is 0 Å². The molecule has 0 aromatic carbocycles. The molecule has 84 valence electrons. The van der Waals surface area contributed by atoms with Crippen molar-refractivity contribution < 1.29 is 0 Å². The predicted molar refractivity (Wildman–Crippen MR) is 62.3 cm³/mol. The van der Waals surface area contributed by atoms with Crippen LogP contribution in [0, 0.1) is 20.8 Å². The van der Waals surface area contributed by atoms with Gasteiger partial charge in [0.05, 0.1) is 16.9 Å². The van der Waals surface area contributed by atoms with E-state index in [9.17, 15) is 0 Å². The highest BCUT2D eigenvalue weighted by atomic mass is 15.1. The first-order chi connectivity index (χ1) is 7.51. The van der Waals surface area contributed by atoms with Gasteiger partial charge < -0.3 is 5.73 Å². The van der Waals surface area contributed by atoms with Gasteiger partial charge in [-0.05, 0) is 39.7 Å². The van der Waals surface area contributed by atoms with Gasteiger partial charge in [0.2, 0.25) is 5.78 Å². The van der Waals surface area contributed by atoms with Gasteiger partial charge in [-0.15, -0.1) is 0 Å². The Kier molecular flexibility index (Phi) is 1.73. The molecule has 0 aliphatic heterocycles. The number of nitrogens with two attached hydrogens (primary N) is 1. The molecule has 3 rings (SSSR count). The highest BCUT2D eigenvalue weighted by Crippen LogP contribution is 2.44. The average molecular weight is 216 g/mol. The van der Waals surface area contributed by atoms with Crippen LogP contribution in [0.1, 0.15) is 35.6 Å². The molecular weight excluding hydrogens is 200 g/mol. The van der Waals surface area contributed by atoms with Crippen LogP contribution < -0.4 is 5.73 Å². The van der Waals surface area contributed by atoms with E-state index in [2.05, 4.69) is 27.4 Å². The average Bonchev–Trinajstić information content (AvgIpc) is 2.80. The van der Waals surface area contributed by atoms with Crippen molar-refractivity contribution in [3.05, 3.63) is 28.8 Å². The van der Waals surface area contributed by atoms with Crippen LogP contribution in [0.15, 0.2) is 6.07 Å². The molecular formula is C12H16N4. The predicted octanol–water partition coefficient (Wildman–Crippen LogP) is 1.60. The van der Waals surface area contributed by atoms with Gasteiger partial charge in [0, 0.05) is 11.4 Å². The second-order valence-electron chi connectivity index (χ2n) is 4.88. The standard InChI is InChI=1S/C12H16N4/c1-7-6-8(2)16-10(12(13)4-5-12)9(3)15-11(16)14-7/h6H,4-5,13H2,1-3H3. The summed E-state index contributed by atoms with van der Waals surface area (Å²) < 4.78 is 2.11. The van der Waals surface area contributed by atoms with E-state index in [1.807, 2.05) is 13.8 Å². The maximum absolute atomic E-state index is 6.30. The highest BCUT2D eigenvalue weighted by molar-refractivity contribution is 5.43. The van der Waals surface area contributed by atoms with E-state index in [1.165, 1.54) is 0 Å². The molecule has 2 aromatic heterocycles. The Balaban J connectivity index is 2.40. The molecule has 1 saturated carbocycles. The van der Waals surface area contributed by atoms with Gasteiger partial charge in [0.25, 0.3) is 0 Å². The molecule has 2 N–H and O–H groups in total. The van der Waals surface area contributed by atoms with Crippen molar-refractivity contribution in [2.45, 2.75) is 39.2 Å². The zero-order chi connectivity index (χ0) is 11.5. The van der Waals surface area contributed by atoms with Crippen molar-refractivity contribution in [1.82, 2.24) is 14.4 Å². The summed E-state index contributed by atoms with van der Waals surface area (Å²) in [4.78, 5) is 8.97. The summed E-state index contributed by atoms with van der Waals surface area (Å²) in [5, 5.41) is 0. The molecule has 1 fully saturated rings. The van der Waals surface area contributed by atoms with Crippen LogP contribution in [0.4, 0.5) is 0 Å². The van der Waals surface area contributed by atoms with Crippen LogP contribution in [0.3, 0.4) is 0 Å². The Labute approximate surface area is 94.5 Å². The van der Waals surface area contributed by atoms with Crippen molar-refractivity contribution in [2.24, 2.45) is 5.73 Å². The summed E-state index contributed by atoms with van der Waals surface area (Å²) in [6.07, 6.45) is 2.10. The molecule has 16 heavy (non-hydrogen) atoms.